The van der Waals surface area contributed by atoms with Crippen LogP contribution < -0.4 is 4.90 Å². The molecule has 2 unspecified atom stereocenters. The first-order chi connectivity index (χ1) is 17.6. The van der Waals surface area contributed by atoms with Crippen LogP contribution in [0.2, 0.25) is 10.0 Å². The van der Waals surface area contributed by atoms with Crippen LogP contribution in [-0.2, 0) is 11.3 Å². The number of likely N-dealkylation sites (tertiary alicyclic amines) is 1. The van der Waals surface area contributed by atoms with Crippen molar-refractivity contribution >= 4 is 46.8 Å². The molecule has 0 saturated carbocycles. The number of urea groups is 1. The molecule has 1 aromatic heterocycles. The van der Waals surface area contributed by atoms with Gasteiger partial charge in [-0.2, -0.15) is 5.26 Å². The standard InChI is InChI=1S/C26H21Cl2N5O4/c1-31-25(37)33(20-8-18(27)7-19(28)9-20)24(36)26(31)14-32(12-16-6-22(23(34)35)30-11-16)13-21(26)17-4-2-15(10-29)3-5-17/h2-9,11,21,30H,12-14H2,1H3,(H,34,35). The zero-order chi connectivity index (χ0) is 26.5. The van der Waals surface area contributed by atoms with E-state index in [0.29, 0.717) is 28.7 Å². The number of carbonyl (C=O) groups excluding carboxylic acids is 2. The molecule has 3 amide bonds. The summed E-state index contributed by atoms with van der Waals surface area (Å²) in [6.07, 6.45) is 1.62. The second-order valence-electron chi connectivity index (χ2n) is 9.22. The van der Waals surface area contributed by atoms with Gasteiger partial charge in [-0.15, -0.1) is 0 Å². The second-order valence-corrected chi connectivity index (χ2v) is 10.1. The van der Waals surface area contributed by atoms with Crippen molar-refractivity contribution in [2.75, 3.05) is 25.0 Å². The molecule has 188 valence electrons. The molecule has 2 fully saturated rings. The third-order valence-corrected chi connectivity index (χ3v) is 7.50. The molecule has 2 aliphatic rings. The van der Waals surface area contributed by atoms with Crippen molar-refractivity contribution in [2.45, 2.75) is 18.0 Å². The molecule has 0 aliphatic carbocycles. The fourth-order valence-electron chi connectivity index (χ4n) is 5.33. The number of rotatable bonds is 5. The Morgan fingerprint density at radius 2 is 1.84 bits per heavy atom. The highest BCUT2D eigenvalue weighted by Gasteiger charge is 2.64. The minimum absolute atomic E-state index is 0.0702. The van der Waals surface area contributed by atoms with Gasteiger partial charge in [0, 0.05) is 48.8 Å². The Labute approximate surface area is 222 Å². The molecule has 2 aliphatic heterocycles. The lowest BCUT2D eigenvalue weighted by Gasteiger charge is -2.34. The molecule has 1 spiro atoms. The van der Waals surface area contributed by atoms with Gasteiger partial charge in [-0.3, -0.25) is 9.69 Å². The van der Waals surface area contributed by atoms with E-state index < -0.39 is 29.4 Å². The summed E-state index contributed by atoms with van der Waals surface area (Å²) in [7, 11) is 1.60. The number of nitrogens with zero attached hydrogens (tertiary/aromatic N) is 4. The lowest BCUT2D eigenvalue weighted by molar-refractivity contribution is -0.124. The van der Waals surface area contributed by atoms with Crippen molar-refractivity contribution < 1.29 is 19.5 Å². The van der Waals surface area contributed by atoms with Gasteiger partial charge in [-0.25, -0.2) is 14.5 Å². The van der Waals surface area contributed by atoms with Gasteiger partial charge < -0.3 is 15.0 Å². The number of carbonyl (C=O) groups is 3. The molecule has 0 bridgehead atoms. The van der Waals surface area contributed by atoms with Gasteiger partial charge >= 0.3 is 12.0 Å². The smallest absolute Gasteiger partial charge is 0.352 e. The Balaban J connectivity index is 1.56. The molecule has 0 radical (unpaired) electrons. The topological polar surface area (TPSA) is 121 Å². The van der Waals surface area contributed by atoms with Crippen molar-refractivity contribution in [3.63, 3.8) is 0 Å². The van der Waals surface area contributed by atoms with E-state index >= 15 is 0 Å². The number of carboxylic acid groups (broad SMARTS) is 1. The third-order valence-electron chi connectivity index (χ3n) is 7.06. The van der Waals surface area contributed by atoms with E-state index in [1.165, 1.54) is 23.1 Å². The number of aromatic amines is 1. The number of aromatic carboxylic acids is 1. The average Bonchev–Trinajstić information content (AvgIpc) is 3.53. The van der Waals surface area contributed by atoms with E-state index in [1.807, 2.05) is 4.90 Å². The number of benzene rings is 2. The van der Waals surface area contributed by atoms with Crippen molar-refractivity contribution in [1.29, 1.82) is 5.26 Å². The minimum Gasteiger partial charge on any atom is -0.477 e. The van der Waals surface area contributed by atoms with Gasteiger partial charge in [-0.1, -0.05) is 35.3 Å². The van der Waals surface area contributed by atoms with Crippen molar-refractivity contribution in [3.05, 3.63) is 87.2 Å². The predicted molar refractivity (Wildman–Crippen MR) is 137 cm³/mol. The monoisotopic (exact) mass is 537 g/mol. The molecular weight excluding hydrogens is 517 g/mol. The number of amides is 3. The van der Waals surface area contributed by atoms with Gasteiger partial charge in [-0.05, 0) is 47.5 Å². The summed E-state index contributed by atoms with van der Waals surface area (Å²) in [4.78, 5) is 46.4. The SMILES string of the molecule is CN1C(=O)N(c2cc(Cl)cc(Cl)c2)C(=O)C12CN(Cc1c[nH]c(C(=O)O)c1)CC2c1ccc(C#N)cc1. The Kier molecular flexibility index (Phi) is 6.20. The molecule has 2 atom stereocenters. The number of anilines is 1. The summed E-state index contributed by atoms with van der Waals surface area (Å²) in [5, 5.41) is 19.1. The van der Waals surface area contributed by atoms with E-state index in [1.54, 1.807) is 43.6 Å². The molecule has 11 heteroatoms. The zero-order valence-electron chi connectivity index (χ0n) is 19.6. The maximum absolute atomic E-state index is 14.2. The lowest BCUT2D eigenvalue weighted by atomic mass is 9.80. The van der Waals surface area contributed by atoms with E-state index in [0.717, 1.165) is 16.0 Å². The maximum Gasteiger partial charge on any atom is 0.352 e. The van der Waals surface area contributed by atoms with Gasteiger partial charge in [0.2, 0.25) is 0 Å². The van der Waals surface area contributed by atoms with Crippen molar-refractivity contribution in [2.24, 2.45) is 0 Å². The summed E-state index contributed by atoms with van der Waals surface area (Å²) in [6, 6.07) is 14.7. The van der Waals surface area contributed by atoms with E-state index in [9.17, 15) is 24.8 Å². The van der Waals surface area contributed by atoms with Crippen molar-refractivity contribution in [3.8, 4) is 6.07 Å². The maximum atomic E-state index is 14.2. The van der Waals surface area contributed by atoms with Crippen LogP contribution in [0.25, 0.3) is 0 Å². The van der Waals surface area contributed by atoms with Gasteiger partial charge in [0.15, 0.2) is 0 Å². The first-order valence-corrected chi connectivity index (χ1v) is 12.1. The first kappa shape index (κ1) is 24.8. The summed E-state index contributed by atoms with van der Waals surface area (Å²) >= 11 is 12.4. The number of carboxylic acids is 1. The number of aromatic nitrogens is 1. The molecule has 2 N–H and O–H groups in total. The molecule has 2 saturated heterocycles. The molecule has 37 heavy (non-hydrogen) atoms. The summed E-state index contributed by atoms with van der Waals surface area (Å²) in [6.45, 7) is 1.01. The Morgan fingerprint density at radius 1 is 1.16 bits per heavy atom. The van der Waals surface area contributed by atoms with Crippen LogP contribution in [0.1, 0.15) is 33.1 Å². The predicted octanol–water partition coefficient (Wildman–Crippen LogP) is 4.33. The molecule has 3 aromatic rings. The average molecular weight is 538 g/mol. The van der Waals surface area contributed by atoms with Crippen LogP contribution in [0.5, 0.6) is 0 Å². The number of H-pyrrole nitrogens is 1. The molecule has 2 aromatic carbocycles. The number of likely N-dealkylation sites (N-methyl/N-ethyl adjacent to an activating group) is 1. The third kappa shape index (κ3) is 4.13. The normalized spacial score (nSPS) is 21.7. The van der Waals surface area contributed by atoms with Crippen LogP contribution in [0.3, 0.4) is 0 Å². The second kappa shape index (κ2) is 9.23. The highest BCUT2D eigenvalue weighted by atomic mass is 35.5. The fourth-order valence-corrected chi connectivity index (χ4v) is 5.84. The number of nitrogens with one attached hydrogen (secondary N) is 1. The Hall–Kier alpha value is -3.84. The van der Waals surface area contributed by atoms with Crippen LogP contribution in [0.4, 0.5) is 10.5 Å². The number of hydrogen-bond donors (Lipinski definition) is 2. The molecule has 3 heterocycles. The quantitative estimate of drug-likeness (QED) is 0.467. The fraction of sp³-hybridized carbons (Fsp3) is 0.231. The van der Waals surface area contributed by atoms with E-state index in [2.05, 4.69) is 11.1 Å². The highest BCUT2D eigenvalue weighted by molar-refractivity contribution is 6.35. The minimum atomic E-state index is -1.24. The number of imide groups is 1. The zero-order valence-corrected chi connectivity index (χ0v) is 21.1. The summed E-state index contributed by atoms with van der Waals surface area (Å²) in [5.74, 6) is -1.89. The summed E-state index contributed by atoms with van der Waals surface area (Å²) < 4.78 is 0. The number of halogens is 2. The number of nitriles is 1. The van der Waals surface area contributed by atoms with Crippen LogP contribution in [0, 0.1) is 11.3 Å². The summed E-state index contributed by atoms with van der Waals surface area (Å²) in [5.41, 5.74) is 1.14. The van der Waals surface area contributed by atoms with Gasteiger partial charge in [0.25, 0.3) is 5.91 Å². The van der Waals surface area contributed by atoms with E-state index in [-0.39, 0.29) is 17.9 Å². The molecular formula is C26H21Cl2N5O4. The number of hydrogen-bond acceptors (Lipinski definition) is 5. The van der Waals surface area contributed by atoms with Crippen molar-refractivity contribution in [1.82, 2.24) is 14.8 Å². The van der Waals surface area contributed by atoms with Crippen LogP contribution >= 0.6 is 23.2 Å². The van der Waals surface area contributed by atoms with Gasteiger partial charge in [0.1, 0.15) is 11.2 Å². The first-order valence-electron chi connectivity index (χ1n) is 11.4. The molecule has 5 rings (SSSR count). The lowest BCUT2D eigenvalue weighted by Crippen LogP contribution is -2.53. The molecule has 9 nitrogen and oxygen atoms in total. The van der Waals surface area contributed by atoms with Crippen LogP contribution in [-0.4, -0.2) is 63.5 Å². The largest absolute Gasteiger partial charge is 0.477 e. The van der Waals surface area contributed by atoms with Gasteiger partial charge in [0.05, 0.1) is 17.3 Å². The Bertz CT molecular complexity index is 1440. The van der Waals surface area contributed by atoms with E-state index in [4.69, 9.17) is 23.2 Å². The highest BCUT2D eigenvalue weighted by Crippen LogP contribution is 2.47. The Morgan fingerprint density at radius 3 is 2.43 bits per heavy atom. The van der Waals surface area contributed by atoms with Crippen LogP contribution in [0.15, 0.2) is 54.7 Å².